The zero-order valence-corrected chi connectivity index (χ0v) is 14.1. The molecule has 3 rings (SSSR count). The Hall–Kier alpha value is -3.25. The van der Waals surface area contributed by atoms with Gasteiger partial charge in [-0.15, -0.1) is 0 Å². The lowest BCUT2D eigenvalue weighted by Crippen LogP contribution is -2.39. The summed E-state index contributed by atoms with van der Waals surface area (Å²) in [4.78, 5) is 11.0. The molecule has 0 unspecified atom stereocenters. The van der Waals surface area contributed by atoms with Crippen LogP contribution in [0.4, 0.5) is 13.2 Å². The van der Waals surface area contributed by atoms with Crippen molar-refractivity contribution in [1.29, 1.82) is 0 Å². The van der Waals surface area contributed by atoms with Gasteiger partial charge in [-0.1, -0.05) is 12.0 Å². The molecule has 0 saturated heterocycles. The lowest BCUT2D eigenvalue weighted by atomic mass is 9.82. The van der Waals surface area contributed by atoms with Crippen LogP contribution in [0, 0.1) is 35.2 Å². The Balaban J connectivity index is 2.03. The maximum absolute atomic E-state index is 14.4. The van der Waals surface area contributed by atoms with E-state index < -0.39 is 29.0 Å². The van der Waals surface area contributed by atoms with Gasteiger partial charge in [0.15, 0.2) is 11.5 Å². The summed E-state index contributed by atoms with van der Waals surface area (Å²) in [6, 6.07) is 2.85. The monoisotopic (exact) mass is 373 g/mol. The van der Waals surface area contributed by atoms with E-state index in [2.05, 4.69) is 31.9 Å². The molecule has 2 aromatic heterocycles. The highest BCUT2D eigenvalue weighted by atomic mass is 19.1. The lowest BCUT2D eigenvalue weighted by molar-refractivity contribution is -0.0191. The van der Waals surface area contributed by atoms with Gasteiger partial charge in [-0.25, -0.2) is 32.8 Å². The zero-order chi connectivity index (χ0) is 19.4. The van der Waals surface area contributed by atoms with Crippen molar-refractivity contribution in [2.75, 3.05) is 0 Å². The molecule has 0 aliphatic carbocycles. The van der Waals surface area contributed by atoms with Gasteiger partial charge in [0.25, 0.3) is 0 Å². The number of aromatic nitrogens is 5. The van der Waals surface area contributed by atoms with Crippen LogP contribution in [-0.2, 0) is 12.1 Å². The second-order valence-corrected chi connectivity index (χ2v) is 5.85. The van der Waals surface area contributed by atoms with E-state index in [1.807, 2.05) is 0 Å². The van der Waals surface area contributed by atoms with Crippen molar-refractivity contribution in [1.82, 2.24) is 24.7 Å². The molecule has 0 fully saturated rings. The van der Waals surface area contributed by atoms with Crippen LogP contribution in [-0.4, -0.2) is 29.8 Å². The number of rotatable bonds is 4. The minimum Gasteiger partial charge on any atom is -0.382 e. The summed E-state index contributed by atoms with van der Waals surface area (Å²) in [6.45, 7) is 1.34. The summed E-state index contributed by atoms with van der Waals surface area (Å²) in [5.74, 6) is 1.88. The van der Waals surface area contributed by atoms with Crippen LogP contribution >= 0.6 is 0 Å². The van der Waals surface area contributed by atoms with Crippen LogP contribution in [0.5, 0.6) is 0 Å². The number of hydrogen-bond acceptors (Lipinski definition) is 5. The average Bonchev–Trinajstić information content (AvgIpc) is 3.13. The maximum atomic E-state index is 14.4. The Morgan fingerprint density at radius 1 is 1.19 bits per heavy atom. The number of aliphatic hydroxyl groups is 1. The highest BCUT2D eigenvalue weighted by Crippen LogP contribution is 2.33. The second-order valence-electron chi connectivity index (χ2n) is 5.85. The second kappa shape index (κ2) is 7.55. The number of halogens is 3. The molecule has 1 aromatic carbocycles. The Morgan fingerprint density at radius 2 is 2.00 bits per heavy atom. The maximum Gasteiger partial charge on any atom is 0.175 e. The molecule has 9 heteroatoms. The van der Waals surface area contributed by atoms with Gasteiger partial charge in [0, 0.05) is 11.6 Å². The molecule has 0 saturated carbocycles. The summed E-state index contributed by atoms with van der Waals surface area (Å²) in [7, 11) is 0. The first kappa shape index (κ1) is 18.5. The highest BCUT2D eigenvalue weighted by molar-refractivity contribution is 5.32. The van der Waals surface area contributed by atoms with Gasteiger partial charge in [0.2, 0.25) is 0 Å². The van der Waals surface area contributed by atoms with Gasteiger partial charge in [-0.2, -0.15) is 5.10 Å². The fourth-order valence-corrected chi connectivity index (χ4v) is 2.56. The predicted molar refractivity (Wildman–Crippen MR) is 88.3 cm³/mol. The van der Waals surface area contributed by atoms with Gasteiger partial charge < -0.3 is 5.11 Å². The van der Waals surface area contributed by atoms with E-state index in [0.717, 1.165) is 24.7 Å². The van der Waals surface area contributed by atoms with Crippen LogP contribution in [0.1, 0.15) is 18.2 Å². The first-order valence-electron chi connectivity index (χ1n) is 7.87. The SMILES string of the molecule is C[C@@H](C#Cc1ncncc1F)[C@](O)(Cn1cncn1)c1ccc(F)cc1F. The summed E-state index contributed by atoms with van der Waals surface area (Å²) in [6.07, 6.45) is 4.70. The van der Waals surface area contributed by atoms with Crippen molar-refractivity contribution in [3.8, 4) is 11.8 Å². The quantitative estimate of drug-likeness (QED) is 0.709. The minimum atomic E-state index is -1.89. The van der Waals surface area contributed by atoms with Gasteiger partial charge in [-0.05, 0) is 18.9 Å². The molecule has 0 spiro atoms. The molecule has 138 valence electrons. The van der Waals surface area contributed by atoms with Crippen molar-refractivity contribution in [3.63, 3.8) is 0 Å². The molecular weight excluding hydrogens is 359 g/mol. The molecule has 0 radical (unpaired) electrons. The van der Waals surface area contributed by atoms with Crippen LogP contribution in [0.25, 0.3) is 0 Å². The molecule has 2 atom stereocenters. The third-order valence-corrected chi connectivity index (χ3v) is 4.06. The minimum absolute atomic E-state index is 0.153. The van der Waals surface area contributed by atoms with Gasteiger partial charge >= 0.3 is 0 Å². The highest BCUT2D eigenvalue weighted by Gasteiger charge is 2.38. The lowest BCUT2D eigenvalue weighted by Gasteiger charge is -2.32. The smallest absolute Gasteiger partial charge is 0.175 e. The average molecular weight is 373 g/mol. The summed E-state index contributed by atoms with van der Waals surface area (Å²) >= 11 is 0. The molecular formula is C18H14F3N5O. The van der Waals surface area contributed by atoms with Crippen LogP contribution < -0.4 is 0 Å². The Labute approximate surface area is 152 Å². The van der Waals surface area contributed by atoms with E-state index in [1.165, 1.54) is 24.3 Å². The molecule has 6 nitrogen and oxygen atoms in total. The van der Waals surface area contributed by atoms with E-state index in [1.54, 1.807) is 0 Å². The fraction of sp³-hybridized carbons (Fsp3) is 0.222. The van der Waals surface area contributed by atoms with E-state index in [-0.39, 0.29) is 17.8 Å². The molecule has 0 aliphatic rings. The van der Waals surface area contributed by atoms with Gasteiger partial charge in [0.1, 0.15) is 36.2 Å². The first-order chi connectivity index (χ1) is 12.9. The topological polar surface area (TPSA) is 76.7 Å². The molecule has 0 bridgehead atoms. The first-order valence-corrected chi connectivity index (χ1v) is 7.87. The standard InChI is InChI=1S/C18H14F3N5O/c1-12(2-5-17-16(21)7-22-9-24-17)18(27,8-26-11-23-10-25-26)14-4-3-13(19)6-15(14)20/h3-4,6-7,9-12,27H,8H2,1H3/t12-,18+/m0/s1. The Kier molecular flexibility index (Phi) is 5.19. The molecule has 27 heavy (non-hydrogen) atoms. The normalized spacial score (nSPS) is 14.1. The van der Waals surface area contributed by atoms with Crippen LogP contribution in [0.15, 0.2) is 43.4 Å². The van der Waals surface area contributed by atoms with Crippen molar-refractivity contribution < 1.29 is 18.3 Å². The van der Waals surface area contributed by atoms with Crippen molar-refractivity contribution in [3.05, 3.63) is 72.1 Å². The van der Waals surface area contributed by atoms with Gasteiger partial charge in [-0.3, -0.25) is 0 Å². The van der Waals surface area contributed by atoms with Crippen molar-refractivity contribution in [2.45, 2.75) is 19.1 Å². The fourth-order valence-electron chi connectivity index (χ4n) is 2.56. The third-order valence-electron chi connectivity index (χ3n) is 4.06. The van der Waals surface area contributed by atoms with Crippen LogP contribution in [0.2, 0.25) is 0 Å². The third kappa shape index (κ3) is 3.96. The number of hydrogen-bond donors (Lipinski definition) is 1. The summed E-state index contributed by atoms with van der Waals surface area (Å²) in [5.41, 5.74) is -2.20. The summed E-state index contributed by atoms with van der Waals surface area (Å²) < 4.78 is 42.6. The summed E-state index contributed by atoms with van der Waals surface area (Å²) in [5, 5.41) is 15.2. The Morgan fingerprint density at radius 3 is 2.67 bits per heavy atom. The van der Waals surface area contributed by atoms with Crippen molar-refractivity contribution >= 4 is 0 Å². The molecule has 0 aliphatic heterocycles. The molecule has 3 aromatic rings. The number of benzene rings is 1. The van der Waals surface area contributed by atoms with E-state index in [4.69, 9.17) is 0 Å². The Bertz CT molecular complexity index is 1000. The van der Waals surface area contributed by atoms with Gasteiger partial charge in [0.05, 0.1) is 18.7 Å². The zero-order valence-electron chi connectivity index (χ0n) is 14.1. The molecule has 1 N–H and O–H groups in total. The number of nitrogens with zero attached hydrogens (tertiary/aromatic N) is 5. The molecule has 0 amide bonds. The molecule has 2 heterocycles. The predicted octanol–water partition coefficient (Wildman–Crippen LogP) is 2.06. The van der Waals surface area contributed by atoms with E-state index in [9.17, 15) is 18.3 Å². The van der Waals surface area contributed by atoms with Crippen LogP contribution in [0.3, 0.4) is 0 Å². The van der Waals surface area contributed by atoms with E-state index in [0.29, 0.717) is 6.07 Å². The largest absolute Gasteiger partial charge is 0.382 e. The van der Waals surface area contributed by atoms with Crippen molar-refractivity contribution in [2.24, 2.45) is 5.92 Å². The van der Waals surface area contributed by atoms with E-state index >= 15 is 0 Å².